The Morgan fingerprint density at radius 2 is 2.42 bits per heavy atom. The maximum atomic E-state index is 11.7. The summed E-state index contributed by atoms with van der Waals surface area (Å²) in [6.07, 6.45) is 2.93. The highest BCUT2D eigenvalue weighted by Gasteiger charge is 2.28. The average molecular weight is 285 g/mol. The summed E-state index contributed by atoms with van der Waals surface area (Å²) in [5.41, 5.74) is 0. The SMILES string of the molecule is CC(CCO)CNC(=O)CSc1nnnn1C1CC1. The summed E-state index contributed by atoms with van der Waals surface area (Å²) in [4.78, 5) is 11.7. The van der Waals surface area contributed by atoms with E-state index in [0.717, 1.165) is 12.8 Å². The fourth-order valence-electron chi connectivity index (χ4n) is 1.62. The number of thioether (sulfide) groups is 1. The summed E-state index contributed by atoms with van der Waals surface area (Å²) in [7, 11) is 0. The molecule has 1 saturated carbocycles. The van der Waals surface area contributed by atoms with Gasteiger partial charge in [0.05, 0.1) is 11.8 Å². The molecule has 2 rings (SSSR count). The number of nitrogens with one attached hydrogen (secondary N) is 1. The number of carbonyl (C=O) groups is 1. The first-order chi connectivity index (χ1) is 9.20. The molecule has 1 heterocycles. The van der Waals surface area contributed by atoms with Gasteiger partial charge in [-0.2, -0.15) is 0 Å². The van der Waals surface area contributed by atoms with E-state index in [0.29, 0.717) is 29.9 Å². The molecule has 8 heteroatoms. The summed E-state index contributed by atoms with van der Waals surface area (Å²) < 4.78 is 1.80. The fourth-order valence-corrected chi connectivity index (χ4v) is 2.39. The second kappa shape index (κ2) is 6.85. The third-order valence-corrected chi connectivity index (χ3v) is 3.89. The van der Waals surface area contributed by atoms with Crippen LogP contribution in [-0.2, 0) is 4.79 Å². The summed E-state index contributed by atoms with van der Waals surface area (Å²) in [6.45, 7) is 2.74. The van der Waals surface area contributed by atoms with E-state index in [1.165, 1.54) is 11.8 Å². The average Bonchev–Trinajstić information content (AvgIpc) is 3.13. The number of aliphatic hydroxyl groups is 1. The van der Waals surface area contributed by atoms with Crippen LogP contribution in [0, 0.1) is 5.92 Å². The van der Waals surface area contributed by atoms with Gasteiger partial charge in [0.2, 0.25) is 11.1 Å². The quantitative estimate of drug-likeness (QED) is 0.664. The molecule has 1 unspecified atom stereocenters. The van der Waals surface area contributed by atoms with Crippen molar-refractivity contribution >= 4 is 17.7 Å². The largest absolute Gasteiger partial charge is 0.396 e. The van der Waals surface area contributed by atoms with Crippen molar-refractivity contribution in [3.8, 4) is 0 Å². The topological polar surface area (TPSA) is 92.9 Å². The predicted molar refractivity (Wildman–Crippen MR) is 70.7 cm³/mol. The highest BCUT2D eigenvalue weighted by molar-refractivity contribution is 7.99. The summed E-state index contributed by atoms with van der Waals surface area (Å²) in [6, 6.07) is 0.421. The first-order valence-electron chi connectivity index (χ1n) is 6.49. The maximum absolute atomic E-state index is 11.7. The van der Waals surface area contributed by atoms with Crippen LogP contribution in [0.1, 0.15) is 32.2 Å². The van der Waals surface area contributed by atoms with E-state index in [4.69, 9.17) is 5.11 Å². The van der Waals surface area contributed by atoms with Crippen molar-refractivity contribution in [2.45, 2.75) is 37.4 Å². The Bertz CT molecular complexity index is 421. The molecule has 0 radical (unpaired) electrons. The van der Waals surface area contributed by atoms with Crippen molar-refractivity contribution in [2.24, 2.45) is 5.92 Å². The van der Waals surface area contributed by atoms with Crippen molar-refractivity contribution < 1.29 is 9.90 Å². The Balaban J connectivity index is 1.69. The molecule has 1 aliphatic rings. The number of hydrogen-bond donors (Lipinski definition) is 2. The monoisotopic (exact) mass is 285 g/mol. The number of amides is 1. The van der Waals surface area contributed by atoms with Gasteiger partial charge in [0.25, 0.3) is 0 Å². The van der Waals surface area contributed by atoms with Crippen molar-refractivity contribution in [3.63, 3.8) is 0 Å². The molecule has 0 saturated heterocycles. The summed E-state index contributed by atoms with van der Waals surface area (Å²) >= 11 is 1.36. The van der Waals surface area contributed by atoms with E-state index < -0.39 is 0 Å². The summed E-state index contributed by atoms with van der Waals surface area (Å²) in [5.74, 6) is 0.578. The molecule has 1 aliphatic carbocycles. The van der Waals surface area contributed by atoms with Crippen molar-refractivity contribution in [3.05, 3.63) is 0 Å². The van der Waals surface area contributed by atoms with Gasteiger partial charge in [-0.25, -0.2) is 4.68 Å². The first-order valence-corrected chi connectivity index (χ1v) is 7.47. The minimum atomic E-state index is -0.0277. The minimum absolute atomic E-state index is 0.0277. The van der Waals surface area contributed by atoms with Gasteiger partial charge in [-0.3, -0.25) is 4.79 Å². The second-order valence-electron chi connectivity index (χ2n) is 4.85. The molecule has 1 atom stereocenters. The van der Waals surface area contributed by atoms with Crippen molar-refractivity contribution in [1.82, 2.24) is 25.5 Å². The normalized spacial score (nSPS) is 16.3. The number of hydrogen-bond acceptors (Lipinski definition) is 6. The Morgan fingerprint density at radius 1 is 1.63 bits per heavy atom. The standard InChI is InChI=1S/C11H19N5O2S/c1-8(4-5-17)6-12-10(18)7-19-11-13-14-15-16(11)9-2-3-9/h8-9,17H,2-7H2,1H3,(H,12,18). The number of nitrogens with zero attached hydrogens (tertiary/aromatic N) is 4. The van der Waals surface area contributed by atoms with Crippen LogP contribution in [0.4, 0.5) is 0 Å². The van der Waals surface area contributed by atoms with E-state index in [1.54, 1.807) is 4.68 Å². The van der Waals surface area contributed by atoms with Crippen LogP contribution in [-0.4, -0.2) is 50.1 Å². The Hall–Kier alpha value is -1.15. The van der Waals surface area contributed by atoms with Crippen LogP contribution in [0.15, 0.2) is 5.16 Å². The predicted octanol–water partition coefficient (Wildman–Crippen LogP) is 0.235. The van der Waals surface area contributed by atoms with Gasteiger partial charge in [0.15, 0.2) is 0 Å². The number of aliphatic hydroxyl groups excluding tert-OH is 1. The van der Waals surface area contributed by atoms with E-state index >= 15 is 0 Å². The Kier molecular flexibility index (Phi) is 5.15. The van der Waals surface area contributed by atoms with Gasteiger partial charge in [-0.05, 0) is 35.6 Å². The van der Waals surface area contributed by atoms with E-state index in [1.807, 2.05) is 6.92 Å². The molecule has 0 aliphatic heterocycles. The van der Waals surface area contributed by atoms with Crippen LogP contribution in [0.25, 0.3) is 0 Å². The molecule has 0 bridgehead atoms. The second-order valence-corrected chi connectivity index (χ2v) is 5.79. The zero-order valence-corrected chi connectivity index (χ0v) is 11.8. The molecule has 0 spiro atoms. The van der Waals surface area contributed by atoms with Crippen LogP contribution < -0.4 is 5.32 Å². The van der Waals surface area contributed by atoms with Gasteiger partial charge < -0.3 is 10.4 Å². The minimum Gasteiger partial charge on any atom is -0.396 e. The molecule has 106 valence electrons. The van der Waals surface area contributed by atoms with Gasteiger partial charge in [-0.1, -0.05) is 18.7 Å². The molecule has 1 aromatic heterocycles. The lowest BCUT2D eigenvalue weighted by atomic mass is 10.1. The van der Waals surface area contributed by atoms with Gasteiger partial charge >= 0.3 is 0 Å². The lowest BCUT2D eigenvalue weighted by molar-refractivity contribution is -0.118. The molecular formula is C11H19N5O2S. The van der Waals surface area contributed by atoms with E-state index in [-0.39, 0.29) is 18.4 Å². The van der Waals surface area contributed by atoms with Crippen molar-refractivity contribution in [2.75, 3.05) is 18.9 Å². The molecular weight excluding hydrogens is 266 g/mol. The highest BCUT2D eigenvalue weighted by atomic mass is 32.2. The Labute approximate surface area is 116 Å². The number of tetrazole rings is 1. The summed E-state index contributed by atoms with van der Waals surface area (Å²) in [5, 5.41) is 23.8. The number of aromatic nitrogens is 4. The van der Waals surface area contributed by atoms with E-state index in [9.17, 15) is 4.79 Å². The highest BCUT2D eigenvalue weighted by Crippen LogP contribution is 2.36. The number of carbonyl (C=O) groups excluding carboxylic acids is 1. The van der Waals surface area contributed by atoms with Crippen LogP contribution in [0.2, 0.25) is 0 Å². The third-order valence-electron chi connectivity index (χ3n) is 2.96. The molecule has 2 N–H and O–H groups in total. The zero-order chi connectivity index (χ0) is 13.7. The maximum Gasteiger partial charge on any atom is 0.230 e. The van der Waals surface area contributed by atoms with Crippen LogP contribution in [0.5, 0.6) is 0 Å². The zero-order valence-electron chi connectivity index (χ0n) is 10.9. The first kappa shape index (κ1) is 14.3. The third kappa shape index (κ3) is 4.46. The molecule has 1 fully saturated rings. The van der Waals surface area contributed by atoms with Gasteiger partial charge in [0, 0.05) is 13.2 Å². The molecule has 7 nitrogen and oxygen atoms in total. The molecule has 1 aromatic rings. The van der Waals surface area contributed by atoms with Crippen LogP contribution in [0.3, 0.4) is 0 Å². The van der Waals surface area contributed by atoms with E-state index in [2.05, 4.69) is 20.8 Å². The number of rotatable bonds is 8. The van der Waals surface area contributed by atoms with Gasteiger partial charge in [-0.15, -0.1) is 5.10 Å². The molecule has 0 aromatic carbocycles. The fraction of sp³-hybridized carbons (Fsp3) is 0.818. The van der Waals surface area contributed by atoms with Gasteiger partial charge in [0.1, 0.15) is 0 Å². The molecule has 19 heavy (non-hydrogen) atoms. The van der Waals surface area contributed by atoms with Crippen LogP contribution >= 0.6 is 11.8 Å². The van der Waals surface area contributed by atoms with Crippen molar-refractivity contribution in [1.29, 1.82) is 0 Å². The molecule has 1 amide bonds. The smallest absolute Gasteiger partial charge is 0.230 e. The Morgan fingerprint density at radius 3 is 3.11 bits per heavy atom. The lowest BCUT2D eigenvalue weighted by Crippen LogP contribution is -2.30. The lowest BCUT2D eigenvalue weighted by Gasteiger charge is -2.10.